The van der Waals surface area contributed by atoms with Crippen molar-refractivity contribution in [2.24, 2.45) is 10.9 Å². The van der Waals surface area contributed by atoms with Crippen molar-refractivity contribution in [3.8, 4) is 11.5 Å². The monoisotopic (exact) mass is 337 g/mol. The van der Waals surface area contributed by atoms with Crippen LogP contribution in [0.5, 0.6) is 11.5 Å². The van der Waals surface area contributed by atoms with Crippen molar-refractivity contribution in [3.05, 3.63) is 18.2 Å². The van der Waals surface area contributed by atoms with Crippen LogP contribution in [0.15, 0.2) is 23.2 Å². The molecule has 0 aliphatic rings. The van der Waals surface area contributed by atoms with Crippen LogP contribution in [0.1, 0.15) is 27.2 Å². The highest BCUT2D eigenvalue weighted by Gasteiger charge is 2.06. The number of hydrogen-bond acceptors (Lipinski definition) is 4. The Morgan fingerprint density at radius 3 is 2.62 bits per heavy atom. The predicted octanol–water partition coefficient (Wildman–Crippen LogP) is 3.14. The first-order chi connectivity index (χ1) is 11.6. The largest absolute Gasteiger partial charge is 0.493 e. The molecule has 0 aliphatic heterocycles. The van der Waals surface area contributed by atoms with Gasteiger partial charge in [-0.3, -0.25) is 4.99 Å². The van der Waals surface area contributed by atoms with Crippen LogP contribution >= 0.6 is 0 Å². The summed E-state index contributed by atoms with van der Waals surface area (Å²) in [6.07, 6.45) is 1.08. The van der Waals surface area contributed by atoms with Gasteiger partial charge in [0.05, 0.1) is 20.3 Å². The van der Waals surface area contributed by atoms with Gasteiger partial charge in [-0.1, -0.05) is 13.8 Å². The molecule has 0 bridgehead atoms. The molecule has 1 aromatic rings. The van der Waals surface area contributed by atoms with Crippen LogP contribution in [0.2, 0.25) is 0 Å². The molecule has 6 nitrogen and oxygen atoms in total. The second kappa shape index (κ2) is 11.6. The first kappa shape index (κ1) is 20.1. The molecule has 0 fully saturated rings. The van der Waals surface area contributed by atoms with E-state index in [1.807, 2.05) is 25.1 Å². The van der Waals surface area contributed by atoms with Gasteiger partial charge in [0.1, 0.15) is 0 Å². The normalized spacial score (nSPS) is 11.5. The Kier molecular flexibility index (Phi) is 9.68. The maximum absolute atomic E-state index is 5.59. The Bertz CT molecular complexity index is 504. The van der Waals surface area contributed by atoms with Crippen molar-refractivity contribution in [2.45, 2.75) is 27.2 Å². The van der Waals surface area contributed by atoms with Crippen molar-refractivity contribution in [1.82, 2.24) is 5.32 Å². The minimum absolute atomic E-state index is 0.584. The van der Waals surface area contributed by atoms with Crippen LogP contribution in [0, 0.1) is 5.92 Å². The highest BCUT2D eigenvalue weighted by Crippen LogP contribution is 2.30. The molecule has 1 rings (SSSR count). The van der Waals surface area contributed by atoms with Gasteiger partial charge in [0, 0.05) is 32.0 Å². The molecule has 1 aromatic carbocycles. The Morgan fingerprint density at radius 1 is 1.21 bits per heavy atom. The third kappa shape index (κ3) is 7.55. The zero-order chi connectivity index (χ0) is 17.8. The average Bonchev–Trinajstić information content (AvgIpc) is 2.57. The molecule has 0 saturated heterocycles. The third-order valence-corrected chi connectivity index (χ3v) is 3.33. The molecule has 24 heavy (non-hydrogen) atoms. The SMILES string of the molecule is CCOc1cc(NC(=NC)NCCOCCC(C)C)ccc1OC. The number of benzene rings is 1. The van der Waals surface area contributed by atoms with Gasteiger partial charge >= 0.3 is 0 Å². The van der Waals surface area contributed by atoms with E-state index in [0.29, 0.717) is 43.1 Å². The van der Waals surface area contributed by atoms with Gasteiger partial charge in [0.25, 0.3) is 0 Å². The number of guanidine groups is 1. The van der Waals surface area contributed by atoms with E-state index in [2.05, 4.69) is 29.5 Å². The van der Waals surface area contributed by atoms with Crippen LogP contribution in [0.4, 0.5) is 5.69 Å². The molecule has 0 aromatic heterocycles. The summed E-state index contributed by atoms with van der Waals surface area (Å²) in [5, 5.41) is 6.46. The first-order valence-electron chi connectivity index (χ1n) is 8.46. The number of rotatable bonds is 10. The number of ether oxygens (including phenoxy) is 3. The number of hydrogen-bond donors (Lipinski definition) is 2. The maximum atomic E-state index is 5.59. The number of anilines is 1. The fourth-order valence-corrected chi connectivity index (χ4v) is 2.00. The molecular formula is C18H31N3O3. The smallest absolute Gasteiger partial charge is 0.195 e. The highest BCUT2D eigenvalue weighted by molar-refractivity contribution is 5.93. The highest BCUT2D eigenvalue weighted by atomic mass is 16.5. The van der Waals surface area contributed by atoms with E-state index < -0.39 is 0 Å². The van der Waals surface area contributed by atoms with Crippen molar-refractivity contribution < 1.29 is 14.2 Å². The lowest BCUT2D eigenvalue weighted by Crippen LogP contribution is -2.33. The summed E-state index contributed by atoms with van der Waals surface area (Å²) in [5.41, 5.74) is 0.882. The summed E-state index contributed by atoms with van der Waals surface area (Å²) >= 11 is 0. The summed E-state index contributed by atoms with van der Waals surface area (Å²) in [6, 6.07) is 5.69. The number of nitrogens with one attached hydrogen (secondary N) is 2. The van der Waals surface area contributed by atoms with Crippen LogP contribution < -0.4 is 20.1 Å². The van der Waals surface area contributed by atoms with Gasteiger partial charge in [-0.15, -0.1) is 0 Å². The van der Waals surface area contributed by atoms with Crippen molar-refractivity contribution in [1.29, 1.82) is 0 Å². The molecule has 0 spiro atoms. The van der Waals surface area contributed by atoms with E-state index in [1.165, 1.54) is 0 Å². The Morgan fingerprint density at radius 2 is 2.00 bits per heavy atom. The van der Waals surface area contributed by atoms with E-state index in [4.69, 9.17) is 14.2 Å². The molecule has 0 heterocycles. The molecule has 0 radical (unpaired) electrons. The molecule has 0 aliphatic carbocycles. The van der Waals surface area contributed by atoms with Gasteiger partial charge in [-0.05, 0) is 31.4 Å². The quantitative estimate of drug-likeness (QED) is 0.390. The zero-order valence-electron chi connectivity index (χ0n) is 15.5. The van der Waals surface area contributed by atoms with Crippen LogP contribution in [-0.2, 0) is 4.74 Å². The molecule has 0 saturated carbocycles. The fourth-order valence-electron chi connectivity index (χ4n) is 2.00. The average molecular weight is 337 g/mol. The van der Waals surface area contributed by atoms with Gasteiger partial charge in [-0.25, -0.2) is 0 Å². The molecule has 6 heteroatoms. The van der Waals surface area contributed by atoms with Crippen LogP contribution in [0.3, 0.4) is 0 Å². The lowest BCUT2D eigenvalue weighted by molar-refractivity contribution is 0.128. The second-order valence-corrected chi connectivity index (χ2v) is 5.72. The number of nitrogens with zero attached hydrogens (tertiary/aromatic N) is 1. The predicted molar refractivity (Wildman–Crippen MR) is 99.4 cm³/mol. The zero-order valence-corrected chi connectivity index (χ0v) is 15.5. The topological polar surface area (TPSA) is 64.1 Å². The maximum Gasteiger partial charge on any atom is 0.195 e. The molecule has 136 valence electrons. The summed E-state index contributed by atoms with van der Waals surface area (Å²) in [6.45, 7) is 9.06. The van der Waals surface area contributed by atoms with E-state index in [9.17, 15) is 0 Å². The lowest BCUT2D eigenvalue weighted by atomic mass is 10.1. The summed E-state index contributed by atoms with van der Waals surface area (Å²) in [5.74, 6) is 2.78. The van der Waals surface area contributed by atoms with Crippen molar-refractivity contribution in [3.63, 3.8) is 0 Å². The Hall–Kier alpha value is -1.95. The Balaban J connectivity index is 2.46. The van der Waals surface area contributed by atoms with Crippen LogP contribution in [-0.4, -0.2) is 46.5 Å². The standard InChI is InChI=1S/C18H31N3O3/c1-6-24-17-13-15(7-8-16(17)22-5)21-18(19-4)20-10-12-23-11-9-14(2)3/h7-8,13-14H,6,9-12H2,1-5H3,(H2,19,20,21). The van der Waals surface area contributed by atoms with Crippen molar-refractivity contribution in [2.75, 3.05) is 45.8 Å². The summed E-state index contributed by atoms with van der Waals surface area (Å²) in [4.78, 5) is 4.21. The fraction of sp³-hybridized carbons (Fsp3) is 0.611. The molecular weight excluding hydrogens is 306 g/mol. The van der Waals surface area contributed by atoms with E-state index in [-0.39, 0.29) is 0 Å². The van der Waals surface area contributed by atoms with Gasteiger partial charge in [0.15, 0.2) is 17.5 Å². The van der Waals surface area contributed by atoms with E-state index >= 15 is 0 Å². The number of aliphatic imine (C=N–C) groups is 1. The third-order valence-electron chi connectivity index (χ3n) is 3.33. The summed E-state index contributed by atoms with van der Waals surface area (Å²) in [7, 11) is 3.37. The Labute approximate surface area is 145 Å². The minimum Gasteiger partial charge on any atom is -0.493 e. The molecule has 0 amide bonds. The van der Waals surface area contributed by atoms with Gasteiger partial charge in [-0.2, -0.15) is 0 Å². The lowest BCUT2D eigenvalue weighted by Gasteiger charge is -2.15. The van der Waals surface area contributed by atoms with Gasteiger partial charge < -0.3 is 24.8 Å². The number of methoxy groups -OCH3 is 1. The molecule has 0 unspecified atom stereocenters. The van der Waals surface area contributed by atoms with E-state index in [1.54, 1.807) is 14.2 Å². The van der Waals surface area contributed by atoms with Crippen molar-refractivity contribution >= 4 is 11.6 Å². The summed E-state index contributed by atoms with van der Waals surface area (Å²) < 4.78 is 16.5. The van der Waals surface area contributed by atoms with Crippen LogP contribution in [0.25, 0.3) is 0 Å². The molecule has 0 atom stereocenters. The van der Waals surface area contributed by atoms with Gasteiger partial charge in [0.2, 0.25) is 0 Å². The van der Waals surface area contributed by atoms with E-state index in [0.717, 1.165) is 18.7 Å². The first-order valence-corrected chi connectivity index (χ1v) is 8.46. The molecule has 2 N–H and O–H groups in total. The second-order valence-electron chi connectivity index (χ2n) is 5.72. The minimum atomic E-state index is 0.584.